The maximum Gasteiger partial charge on any atom is 0.196 e. The minimum Gasteiger partial charge on any atom is -0.345 e. The van der Waals surface area contributed by atoms with Gasteiger partial charge in [0.05, 0.1) is 22.4 Å². The van der Waals surface area contributed by atoms with E-state index in [1.807, 2.05) is 0 Å². The van der Waals surface area contributed by atoms with Crippen molar-refractivity contribution in [3.8, 4) is 0 Å². The van der Waals surface area contributed by atoms with Gasteiger partial charge in [-0.1, -0.05) is 77.8 Å². The van der Waals surface area contributed by atoms with E-state index in [1.54, 1.807) is 0 Å². The molecule has 1 aliphatic heterocycles. The summed E-state index contributed by atoms with van der Waals surface area (Å²) in [5, 5.41) is 0. The highest BCUT2D eigenvalue weighted by molar-refractivity contribution is 9.10. The average Bonchev–Trinajstić information content (AvgIpc) is 2.86. The summed E-state index contributed by atoms with van der Waals surface area (Å²) in [4.78, 5) is 0.239. The second-order valence-corrected chi connectivity index (χ2v) is 8.48. The summed E-state index contributed by atoms with van der Waals surface area (Å²) in [6, 6.07) is 0. The van der Waals surface area contributed by atoms with Gasteiger partial charge in [0.15, 0.2) is 5.79 Å². The predicted octanol–water partition coefficient (Wildman–Crippen LogP) is 5.42. The van der Waals surface area contributed by atoms with Gasteiger partial charge in [-0.3, -0.25) is 0 Å². The van der Waals surface area contributed by atoms with Crippen molar-refractivity contribution in [3.63, 3.8) is 0 Å². The van der Waals surface area contributed by atoms with Gasteiger partial charge in [-0.05, 0) is 19.8 Å². The normalized spacial score (nSPS) is 23.2. The number of alkyl halides is 2. The molecule has 1 fully saturated rings. The fourth-order valence-corrected chi connectivity index (χ4v) is 5.06. The SMILES string of the molecule is CCCCCCC(C)(Br)C1(C(Br)CCC)OCCO1. The van der Waals surface area contributed by atoms with Crippen LogP contribution in [0.2, 0.25) is 0 Å². The van der Waals surface area contributed by atoms with Crippen molar-refractivity contribution in [3.05, 3.63) is 0 Å². The minimum absolute atomic E-state index is 0.131. The van der Waals surface area contributed by atoms with Crippen LogP contribution in [0, 0.1) is 0 Å². The lowest BCUT2D eigenvalue weighted by molar-refractivity contribution is -0.178. The quantitative estimate of drug-likeness (QED) is 0.380. The van der Waals surface area contributed by atoms with Gasteiger partial charge in [0.25, 0.3) is 0 Å². The topological polar surface area (TPSA) is 18.5 Å². The first-order valence-corrected chi connectivity index (χ1v) is 9.32. The zero-order valence-electron chi connectivity index (χ0n) is 12.5. The Morgan fingerprint density at radius 3 is 2.26 bits per heavy atom. The molecule has 1 heterocycles. The summed E-state index contributed by atoms with van der Waals surface area (Å²) >= 11 is 7.71. The lowest BCUT2D eigenvalue weighted by atomic mass is 9.89. The van der Waals surface area contributed by atoms with E-state index in [0.29, 0.717) is 13.2 Å². The zero-order valence-corrected chi connectivity index (χ0v) is 15.7. The van der Waals surface area contributed by atoms with Crippen LogP contribution in [0.1, 0.15) is 65.7 Å². The summed E-state index contributed by atoms with van der Waals surface area (Å²) in [6.07, 6.45) is 8.36. The van der Waals surface area contributed by atoms with Crippen molar-refractivity contribution in [1.82, 2.24) is 0 Å². The van der Waals surface area contributed by atoms with Crippen LogP contribution in [-0.2, 0) is 9.47 Å². The molecule has 0 aliphatic carbocycles. The van der Waals surface area contributed by atoms with Crippen LogP contribution in [0.5, 0.6) is 0 Å². The molecule has 0 amide bonds. The third kappa shape index (κ3) is 4.42. The third-order valence-electron chi connectivity index (χ3n) is 3.90. The molecule has 0 saturated carbocycles. The Balaban J connectivity index is 2.67. The van der Waals surface area contributed by atoms with E-state index < -0.39 is 5.79 Å². The number of hydrogen-bond donors (Lipinski definition) is 0. The zero-order chi connectivity index (χ0) is 14.4. The molecule has 2 nitrogen and oxygen atoms in total. The van der Waals surface area contributed by atoms with E-state index in [0.717, 1.165) is 19.3 Å². The van der Waals surface area contributed by atoms with E-state index in [1.165, 1.54) is 25.7 Å². The number of ether oxygens (including phenoxy) is 2. The summed E-state index contributed by atoms with van der Waals surface area (Å²) in [5.41, 5.74) is 0. The smallest absolute Gasteiger partial charge is 0.196 e. The van der Waals surface area contributed by atoms with E-state index in [4.69, 9.17) is 9.47 Å². The first-order chi connectivity index (χ1) is 9.00. The molecule has 1 aliphatic rings. The van der Waals surface area contributed by atoms with Crippen LogP contribution in [0.4, 0.5) is 0 Å². The Bertz CT molecular complexity index is 251. The molecule has 0 spiro atoms. The van der Waals surface area contributed by atoms with Gasteiger partial charge in [0.2, 0.25) is 0 Å². The van der Waals surface area contributed by atoms with Crippen LogP contribution in [0.15, 0.2) is 0 Å². The Labute approximate surface area is 135 Å². The molecule has 1 saturated heterocycles. The van der Waals surface area contributed by atoms with Crippen molar-refractivity contribution in [2.24, 2.45) is 0 Å². The summed E-state index contributed by atoms with van der Waals surface area (Å²) in [5.74, 6) is -0.519. The van der Waals surface area contributed by atoms with Crippen molar-refractivity contribution in [1.29, 1.82) is 0 Å². The Morgan fingerprint density at radius 2 is 1.74 bits per heavy atom. The highest BCUT2D eigenvalue weighted by Crippen LogP contribution is 2.47. The van der Waals surface area contributed by atoms with Gasteiger partial charge in [-0.2, -0.15) is 0 Å². The lowest BCUT2D eigenvalue weighted by Gasteiger charge is -2.44. The second kappa shape index (κ2) is 8.35. The molecule has 0 aromatic rings. The fraction of sp³-hybridized carbons (Fsp3) is 1.00. The van der Waals surface area contributed by atoms with Crippen LogP contribution < -0.4 is 0 Å². The molecule has 19 heavy (non-hydrogen) atoms. The molecule has 0 N–H and O–H groups in total. The predicted molar refractivity (Wildman–Crippen MR) is 88.3 cm³/mol. The number of hydrogen-bond acceptors (Lipinski definition) is 2. The molecule has 0 bridgehead atoms. The maximum atomic E-state index is 6.06. The van der Waals surface area contributed by atoms with Gasteiger partial charge < -0.3 is 9.47 Å². The summed E-state index contributed by atoms with van der Waals surface area (Å²) in [6.45, 7) is 8.05. The van der Waals surface area contributed by atoms with Crippen LogP contribution in [0.25, 0.3) is 0 Å². The van der Waals surface area contributed by atoms with Crippen molar-refractivity contribution in [2.75, 3.05) is 13.2 Å². The average molecular weight is 400 g/mol. The largest absolute Gasteiger partial charge is 0.345 e. The number of rotatable bonds is 9. The molecule has 1 rings (SSSR count). The van der Waals surface area contributed by atoms with Gasteiger partial charge >= 0.3 is 0 Å². The van der Waals surface area contributed by atoms with E-state index >= 15 is 0 Å². The monoisotopic (exact) mass is 398 g/mol. The molecule has 0 aromatic heterocycles. The standard InChI is InChI=1S/C15H28Br2O2/c1-4-6-7-8-10-14(3,17)15(13(16)9-5-2)18-11-12-19-15/h13H,4-12H2,1-3H3. The van der Waals surface area contributed by atoms with Crippen molar-refractivity contribution < 1.29 is 9.47 Å². The molecule has 0 radical (unpaired) electrons. The second-order valence-electron chi connectivity index (χ2n) is 5.63. The van der Waals surface area contributed by atoms with E-state index in [2.05, 4.69) is 52.6 Å². The maximum absolute atomic E-state index is 6.06. The molecule has 2 unspecified atom stereocenters. The molecular weight excluding hydrogens is 372 g/mol. The van der Waals surface area contributed by atoms with Crippen LogP contribution in [0.3, 0.4) is 0 Å². The number of halogens is 2. The minimum atomic E-state index is -0.519. The molecule has 0 aromatic carbocycles. The Morgan fingerprint density at radius 1 is 1.11 bits per heavy atom. The van der Waals surface area contributed by atoms with Crippen molar-refractivity contribution in [2.45, 2.75) is 80.7 Å². The fourth-order valence-electron chi connectivity index (χ4n) is 2.74. The van der Waals surface area contributed by atoms with E-state index in [-0.39, 0.29) is 9.15 Å². The van der Waals surface area contributed by atoms with Gasteiger partial charge in [0.1, 0.15) is 0 Å². The molecule has 114 valence electrons. The molecule has 2 atom stereocenters. The van der Waals surface area contributed by atoms with Crippen LogP contribution >= 0.6 is 31.9 Å². The van der Waals surface area contributed by atoms with Gasteiger partial charge in [0, 0.05) is 0 Å². The highest BCUT2D eigenvalue weighted by atomic mass is 79.9. The molecular formula is C15H28Br2O2. The summed E-state index contributed by atoms with van der Waals surface area (Å²) in [7, 11) is 0. The third-order valence-corrected chi connectivity index (χ3v) is 5.91. The highest BCUT2D eigenvalue weighted by Gasteiger charge is 2.55. The van der Waals surface area contributed by atoms with Gasteiger partial charge in [-0.15, -0.1) is 0 Å². The summed E-state index contributed by atoms with van der Waals surface area (Å²) < 4.78 is 12.0. The lowest BCUT2D eigenvalue weighted by Crippen LogP contribution is -2.55. The van der Waals surface area contributed by atoms with Crippen molar-refractivity contribution >= 4 is 31.9 Å². The first kappa shape index (κ1) is 17.9. The molecule has 4 heteroatoms. The van der Waals surface area contributed by atoms with Gasteiger partial charge in [-0.25, -0.2) is 0 Å². The van der Waals surface area contributed by atoms with E-state index in [9.17, 15) is 0 Å². The Kier molecular flexibility index (Phi) is 7.88. The first-order valence-electron chi connectivity index (χ1n) is 7.61. The number of unbranched alkanes of at least 4 members (excludes halogenated alkanes) is 3. The van der Waals surface area contributed by atoms with Crippen LogP contribution in [-0.4, -0.2) is 28.2 Å². The Hall–Kier alpha value is 0.880.